The van der Waals surface area contributed by atoms with Crippen molar-refractivity contribution in [2.45, 2.75) is 40.7 Å². The van der Waals surface area contributed by atoms with Gasteiger partial charge in [0.1, 0.15) is 17.5 Å². The predicted octanol–water partition coefficient (Wildman–Crippen LogP) is 3.35. The van der Waals surface area contributed by atoms with Crippen LogP contribution in [0.2, 0.25) is 0 Å². The van der Waals surface area contributed by atoms with Gasteiger partial charge in [0.05, 0.1) is 0 Å². The molecule has 0 aliphatic carbocycles. The van der Waals surface area contributed by atoms with Gasteiger partial charge in [-0.15, -0.1) is 0 Å². The van der Waals surface area contributed by atoms with Gasteiger partial charge in [-0.2, -0.15) is 5.26 Å². The molecule has 0 aromatic carbocycles. The Morgan fingerprint density at radius 3 is 2.56 bits per heavy atom. The minimum Gasteiger partial charge on any atom is -0.451 e. The highest BCUT2D eigenvalue weighted by atomic mass is 16.5. The molecule has 180 valence electrons. The van der Waals surface area contributed by atoms with Crippen LogP contribution in [0, 0.1) is 31.1 Å². The van der Waals surface area contributed by atoms with Gasteiger partial charge in [-0.05, 0) is 56.0 Å². The number of nitriles is 1. The molecule has 3 heterocycles. The fraction of sp³-hybridized carbons (Fsp3) is 0.462. The Kier molecular flexibility index (Phi) is 8.47. The van der Waals surface area contributed by atoms with E-state index in [4.69, 9.17) is 4.74 Å². The van der Waals surface area contributed by atoms with Gasteiger partial charge < -0.3 is 19.1 Å². The molecule has 1 amide bonds. The van der Waals surface area contributed by atoms with Crippen LogP contribution < -0.4 is 4.90 Å². The molecule has 0 atom stereocenters. The summed E-state index contributed by atoms with van der Waals surface area (Å²) in [7, 11) is 0. The van der Waals surface area contributed by atoms with Gasteiger partial charge in [-0.25, -0.2) is 9.78 Å². The zero-order valence-corrected chi connectivity index (χ0v) is 20.5. The van der Waals surface area contributed by atoms with Crippen molar-refractivity contribution in [3.63, 3.8) is 0 Å². The first kappa shape index (κ1) is 25.0. The van der Waals surface area contributed by atoms with Gasteiger partial charge in [0.2, 0.25) is 0 Å². The maximum atomic E-state index is 12.6. The molecule has 0 saturated carbocycles. The van der Waals surface area contributed by atoms with E-state index in [-0.39, 0.29) is 18.1 Å². The van der Waals surface area contributed by atoms with Crippen LogP contribution in [0.15, 0.2) is 36.0 Å². The molecular weight excluding hydrogens is 430 g/mol. The molecule has 3 rings (SSSR count). The monoisotopic (exact) mass is 463 g/mol. The molecule has 2 aromatic rings. The number of carbonyl (C=O) groups excluding carboxylic acids is 2. The average molecular weight is 464 g/mol. The number of hydrogen-bond acceptors (Lipinski definition) is 6. The van der Waals surface area contributed by atoms with Crippen LogP contribution in [-0.2, 0) is 20.9 Å². The molecule has 1 fully saturated rings. The number of rotatable bonds is 8. The van der Waals surface area contributed by atoms with Crippen molar-refractivity contribution in [3.8, 4) is 6.07 Å². The third-order valence-corrected chi connectivity index (χ3v) is 6.12. The van der Waals surface area contributed by atoms with Crippen molar-refractivity contribution in [1.82, 2.24) is 14.5 Å². The van der Waals surface area contributed by atoms with Crippen LogP contribution in [0.5, 0.6) is 0 Å². The highest BCUT2D eigenvalue weighted by Crippen LogP contribution is 2.20. The van der Waals surface area contributed by atoms with E-state index < -0.39 is 5.97 Å². The van der Waals surface area contributed by atoms with Crippen molar-refractivity contribution in [2.75, 3.05) is 37.7 Å². The second-order valence-electron chi connectivity index (χ2n) is 8.96. The van der Waals surface area contributed by atoms with Gasteiger partial charge in [-0.1, -0.05) is 19.9 Å². The number of aromatic nitrogens is 2. The number of piperazine rings is 1. The number of anilines is 1. The standard InChI is InChI=1S/C26H33N5O3/c1-19(2)8-10-31-20(3)15-22(21(31)4)16-23(17-27)26(33)34-18-25(32)30-13-11-29(12-14-30)24-7-5-6-9-28-24/h5-7,9,15-16,19H,8,10-14,18H2,1-4H3/b23-16+. The molecule has 8 heteroatoms. The van der Waals surface area contributed by atoms with Crippen LogP contribution in [0.3, 0.4) is 0 Å². The van der Waals surface area contributed by atoms with Crippen molar-refractivity contribution >= 4 is 23.8 Å². The molecule has 0 bridgehead atoms. The Balaban J connectivity index is 1.55. The summed E-state index contributed by atoms with van der Waals surface area (Å²) >= 11 is 0. The van der Waals surface area contributed by atoms with E-state index in [0.717, 1.165) is 35.7 Å². The lowest BCUT2D eigenvalue weighted by Gasteiger charge is -2.35. The number of amides is 1. The summed E-state index contributed by atoms with van der Waals surface area (Å²) in [5.41, 5.74) is 2.78. The largest absolute Gasteiger partial charge is 0.451 e. The number of esters is 1. The molecule has 8 nitrogen and oxygen atoms in total. The van der Waals surface area contributed by atoms with Gasteiger partial charge in [-0.3, -0.25) is 4.79 Å². The summed E-state index contributed by atoms with van der Waals surface area (Å²) in [5.74, 6) is 0.418. The van der Waals surface area contributed by atoms with Crippen LogP contribution in [0.4, 0.5) is 5.82 Å². The second-order valence-corrected chi connectivity index (χ2v) is 8.96. The van der Waals surface area contributed by atoms with E-state index in [2.05, 4.69) is 28.3 Å². The Labute approximate surface area is 201 Å². The number of carbonyl (C=O) groups is 2. The number of aryl methyl sites for hydroxylation is 1. The average Bonchev–Trinajstić information content (AvgIpc) is 3.11. The summed E-state index contributed by atoms with van der Waals surface area (Å²) in [5, 5.41) is 9.52. The van der Waals surface area contributed by atoms with Crippen molar-refractivity contribution in [1.29, 1.82) is 5.26 Å². The van der Waals surface area contributed by atoms with Crippen LogP contribution in [0.25, 0.3) is 6.08 Å². The Morgan fingerprint density at radius 1 is 1.21 bits per heavy atom. The van der Waals surface area contributed by atoms with E-state index in [1.54, 1.807) is 17.2 Å². The topological polar surface area (TPSA) is 91.5 Å². The third-order valence-electron chi connectivity index (χ3n) is 6.12. The lowest BCUT2D eigenvalue weighted by molar-refractivity contribution is -0.148. The predicted molar refractivity (Wildman–Crippen MR) is 131 cm³/mol. The van der Waals surface area contributed by atoms with Crippen LogP contribution in [0.1, 0.15) is 37.2 Å². The lowest BCUT2D eigenvalue weighted by Crippen LogP contribution is -2.50. The molecular formula is C26H33N5O3. The maximum Gasteiger partial charge on any atom is 0.349 e. The number of nitrogens with zero attached hydrogens (tertiary/aromatic N) is 5. The molecule has 0 unspecified atom stereocenters. The highest BCUT2D eigenvalue weighted by molar-refractivity contribution is 5.99. The first-order valence-corrected chi connectivity index (χ1v) is 11.7. The molecule has 2 aromatic heterocycles. The van der Waals surface area contributed by atoms with Crippen LogP contribution >= 0.6 is 0 Å². The quantitative estimate of drug-likeness (QED) is 0.339. The maximum absolute atomic E-state index is 12.6. The van der Waals surface area contributed by atoms with Gasteiger partial charge in [0.25, 0.3) is 5.91 Å². The first-order chi connectivity index (χ1) is 16.3. The first-order valence-electron chi connectivity index (χ1n) is 11.7. The molecule has 0 radical (unpaired) electrons. The van der Waals surface area contributed by atoms with Gasteiger partial charge in [0.15, 0.2) is 6.61 Å². The fourth-order valence-corrected chi connectivity index (χ4v) is 4.02. The SMILES string of the molecule is Cc1cc(/C=C(\C#N)C(=O)OCC(=O)N2CCN(c3ccccn3)CC2)c(C)n1CCC(C)C. The Bertz CT molecular complexity index is 1070. The fourth-order valence-electron chi connectivity index (χ4n) is 4.02. The molecule has 1 aliphatic rings. The highest BCUT2D eigenvalue weighted by Gasteiger charge is 2.23. The van der Waals surface area contributed by atoms with E-state index >= 15 is 0 Å². The number of ether oxygens (including phenoxy) is 1. The van der Waals surface area contributed by atoms with E-state index in [0.29, 0.717) is 32.1 Å². The third kappa shape index (κ3) is 6.25. The summed E-state index contributed by atoms with van der Waals surface area (Å²) in [6.07, 6.45) is 4.34. The summed E-state index contributed by atoms with van der Waals surface area (Å²) in [6, 6.07) is 9.63. The smallest absolute Gasteiger partial charge is 0.349 e. The van der Waals surface area contributed by atoms with Gasteiger partial charge >= 0.3 is 5.97 Å². The number of pyridine rings is 1. The second kappa shape index (κ2) is 11.5. The zero-order valence-electron chi connectivity index (χ0n) is 20.5. The van der Waals surface area contributed by atoms with Crippen molar-refractivity contribution < 1.29 is 14.3 Å². The molecule has 1 aliphatic heterocycles. The van der Waals surface area contributed by atoms with Crippen LogP contribution in [-0.4, -0.2) is 59.1 Å². The molecule has 0 spiro atoms. The molecule has 0 N–H and O–H groups in total. The minimum atomic E-state index is -0.782. The van der Waals surface area contributed by atoms with Crippen molar-refractivity contribution in [2.24, 2.45) is 5.92 Å². The van der Waals surface area contributed by atoms with Crippen molar-refractivity contribution in [3.05, 3.63) is 53.0 Å². The van der Waals surface area contributed by atoms with E-state index in [9.17, 15) is 14.9 Å². The van der Waals surface area contributed by atoms with E-state index in [1.807, 2.05) is 44.2 Å². The number of hydrogen-bond donors (Lipinski definition) is 0. The van der Waals surface area contributed by atoms with Gasteiger partial charge in [0, 0.05) is 50.3 Å². The summed E-state index contributed by atoms with van der Waals surface area (Å²) < 4.78 is 7.39. The minimum absolute atomic E-state index is 0.114. The Morgan fingerprint density at radius 2 is 1.94 bits per heavy atom. The summed E-state index contributed by atoms with van der Waals surface area (Å²) in [6.45, 7) is 11.2. The normalized spacial score (nSPS) is 14.3. The zero-order chi connectivity index (χ0) is 24.7. The lowest BCUT2D eigenvalue weighted by atomic mass is 10.1. The molecule has 34 heavy (non-hydrogen) atoms. The molecule has 1 saturated heterocycles. The van der Waals surface area contributed by atoms with E-state index in [1.165, 1.54) is 0 Å². The Hall–Kier alpha value is -3.60. The summed E-state index contributed by atoms with van der Waals surface area (Å²) in [4.78, 5) is 33.2.